The molecule has 1 aliphatic rings. The molecule has 2 heterocycles. The van der Waals surface area contributed by atoms with E-state index in [0.29, 0.717) is 6.54 Å². The van der Waals surface area contributed by atoms with Crippen molar-refractivity contribution in [1.82, 2.24) is 10.2 Å². The van der Waals surface area contributed by atoms with Gasteiger partial charge in [-0.25, -0.2) is 0 Å². The lowest BCUT2D eigenvalue weighted by molar-refractivity contribution is -0.143. The molecule has 106 valence electrons. The molecule has 1 saturated heterocycles. The van der Waals surface area contributed by atoms with Crippen molar-refractivity contribution in [1.29, 1.82) is 0 Å². The number of carbonyl (C=O) groups excluding carboxylic acids is 1. The quantitative estimate of drug-likeness (QED) is 0.908. The summed E-state index contributed by atoms with van der Waals surface area (Å²) in [6.07, 6.45) is 4.49. The zero-order valence-electron chi connectivity index (χ0n) is 12.2. The summed E-state index contributed by atoms with van der Waals surface area (Å²) in [5.41, 5.74) is 0.925. The molecule has 1 aliphatic heterocycles. The van der Waals surface area contributed by atoms with Gasteiger partial charge in [0.25, 0.3) is 0 Å². The van der Waals surface area contributed by atoms with Gasteiger partial charge in [-0.1, -0.05) is 6.92 Å². The number of nitrogens with zero attached hydrogens (tertiary/aromatic N) is 1. The van der Waals surface area contributed by atoms with Crippen LogP contribution < -0.4 is 5.32 Å². The van der Waals surface area contributed by atoms with Crippen molar-refractivity contribution in [3.8, 4) is 0 Å². The molecule has 1 amide bonds. The highest BCUT2D eigenvalue weighted by atomic mass is 16.3. The first kappa shape index (κ1) is 14.1. The molecule has 4 heteroatoms. The van der Waals surface area contributed by atoms with Gasteiger partial charge in [-0.3, -0.25) is 4.79 Å². The van der Waals surface area contributed by atoms with Crippen molar-refractivity contribution in [2.24, 2.45) is 5.41 Å². The van der Waals surface area contributed by atoms with Crippen LogP contribution in [0.1, 0.15) is 37.5 Å². The smallest absolute Gasteiger partial charge is 0.228 e. The Hall–Kier alpha value is -1.29. The molecule has 0 unspecified atom stereocenters. The fraction of sp³-hybridized carbons (Fsp3) is 0.667. The van der Waals surface area contributed by atoms with Gasteiger partial charge in [-0.05, 0) is 45.3 Å². The Balaban J connectivity index is 2.07. The third kappa shape index (κ3) is 2.84. The summed E-state index contributed by atoms with van der Waals surface area (Å²) < 4.78 is 5.29. The summed E-state index contributed by atoms with van der Waals surface area (Å²) in [5.74, 6) is 1.17. The lowest BCUT2D eigenvalue weighted by Crippen LogP contribution is -2.47. The van der Waals surface area contributed by atoms with Gasteiger partial charge in [0.05, 0.1) is 11.7 Å². The normalized spacial score (nSPS) is 18.3. The van der Waals surface area contributed by atoms with Gasteiger partial charge in [0.1, 0.15) is 5.76 Å². The first-order valence-corrected chi connectivity index (χ1v) is 7.08. The molecule has 0 saturated carbocycles. The Morgan fingerprint density at radius 2 is 2.16 bits per heavy atom. The summed E-state index contributed by atoms with van der Waals surface area (Å²) in [6.45, 7) is 6.58. The zero-order valence-corrected chi connectivity index (χ0v) is 12.2. The van der Waals surface area contributed by atoms with Crippen LogP contribution >= 0.6 is 0 Å². The van der Waals surface area contributed by atoms with Crippen LogP contribution in [0.2, 0.25) is 0 Å². The highest BCUT2D eigenvalue weighted by molar-refractivity contribution is 5.82. The second-order valence-corrected chi connectivity index (χ2v) is 5.55. The average Bonchev–Trinajstić information content (AvgIpc) is 2.84. The highest BCUT2D eigenvalue weighted by Crippen LogP contribution is 2.34. The zero-order chi connectivity index (χ0) is 13.9. The Kier molecular flexibility index (Phi) is 4.30. The van der Waals surface area contributed by atoms with E-state index in [1.54, 1.807) is 6.26 Å². The summed E-state index contributed by atoms with van der Waals surface area (Å²) in [6, 6.07) is 1.94. The van der Waals surface area contributed by atoms with Crippen LogP contribution in [0.3, 0.4) is 0 Å². The second kappa shape index (κ2) is 5.78. The minimum absolute atomic E-state index is 0.169. The number of rotatable bonds is 4. The van der Waals surface area contributed by atoms with Crippen molar-refractivity contribution >= 4 is 5.91 Å². The fourth-order valence-corrected chi connectivity index (χ4v) is 2.93. The maximum Gasteiger partial charge on any atom is 0.228 e. The molecule has 1 aromatic heterocycles. The average molecular weight is 264 g/mol. The molecule has 4 nitrogen and oxygen atoms in total. The van der Waals surface area contributed by atoms with Crippen LogP contribution in [0.15, 0.2) is 16.7 Å². The van der Waals surface area contributed by atoms with Gasteiger partial charge in [0.2, 0.25) is 5.91 Å². The van der Waals surface area contributed by atoms with Crippen LogP contribution in [-0.2, 0) is 11.3 Å². The minimum atomic E-state index is -0.169. The number of furan rings is 1. The lowest BCUT2D eigenvalue weighted by Gasteiger charge is -2.38. The van der Waals surface area contributed by atoms with E-state index < -0.39 is 0 Å². The van der Waals surface area contributed by atoms with Crippen molar-refractivity contribution in [2.75, 3.05) is 20.1 Å². The summed E-state index contributed by atoms with van der Waals surface area (Å²) in [7, 11) is 1.90. The van der Waals surface area contributed by atoms with Gasteiger partial charge in [0.15, 0.2) is 0 Å². The number of amides is 1. The topological polar surface area (TPSA) is 45.5 Å². The monoisotopic (exact) mass is 264 g/mol. The molecule has 1 aromatic rings. The Labute approximate surface area is 115 Å². The number of nitrogens with one attached hydrogen (secondary N) is 1. The number of piperidine rings is 1. The lowest BCUT2D eigenvalue weighted by atomic mass is 9.75. The van der Waals surface area contributed by atoms with E-state index in [2.05, 4.69) is 12.2 Å². The summed E-state index contributed by atoms with van der Waals surface area (Å²) in [4.78, 5) is 14.6. The van der Waals surface area contributed by atoms with Crippen LogP contribution in [0.4, 0.5) is 0 Å². The molecular weight excluding hydrogens is 240 g/mol. The van der Waals surface area contributed by atoms with Crippen molar-refractivity contribution in [2.45, 2.75) is 39.7 Å². The van der Waals surface area contributed by atoms with Crippen LogP contribution in [0.25, 0.3) is 0 Å². The van der Waals surface area contributed by atoms with Gasteiger partial charge >= 0.3 is 0 Å². The van der Waals surface area contributed by atoms with E-state index in [0.717, 1.165) is 43.7 Å². The third-order valence-corrected chi connectivity index (χ3v) is 4.41. The number of hydrogen-bond donors (Lipinski definition) is 1. The fourth-order valence-electron chi connectivity index (χ4n) is 2.93. The maximum absolute atomic E-state index is 12.8. The number of hydrogen-bond acceptors (Lipinski definition) is 3. The first-order valence-electron chi connectivity index (χ1n) is 7.08. The van der Waals surface area contributed by atoms with E-state index >= 15 is 0 Å². The van der Waals surface area contributed by atoms with E-state index in [1.807, 2.05) is 24.9 Å². The van der Waals surface area contributed by atoms with Crippen molar-refractivity contribution in [3.63, 3.8) is 0 Å². The predicted molar refractivity (Wildman–Crippen MR) is 74.7 cm³/mol. The van der Waals surface area contributed by atoms with Gasteiger partial charge in [-0.2, -0.15) is 0 Å². The molecule has 0 aromatic carbocycles. The molecule has 0 atom stereocenters. The Bertz CT molecular complexity index is 433. The van der Waals surface area contributed by atoms with Crippen LogP contribution in [0, 0.1) is 12.3 Å². The van der Waals surface area contributed by atoms with Gasteiger partial charge in [0, 0.05) is 19.2 Å². The van der Waals surface area contributed by atoms with E-state index in [9.17, 15) is 4.79 Å². The van der Waals surface area contributed by atoms with E-state index in [-0.39, 0.29) is 11.3 Å². The molecule has 1 N–H and O–H groups in total. The molecule has 0 spiro atoms. The molecular formula is C15H24N2O2. The molecule has 2 rings (SSSR count). The SMILES string of the molecule is CCC1(C(=O)N(C)Cc2ccoc2C)CCNCC1. The van der Waals surface area contributed by atoms with Crippen LogP contribution in [0.5, 0.6) is 0 Å². The standard InChI is InChI=1S/C15H24N2O2/c1-4-15(6-8-16-9-7-15)14(18)17(3)11-13-5-10-19-12(13)2/h5,10,16H,4,6-9,11H2,1-3H3. The Morgan fingerprint density at radius 1 is 1.47 bits per heavy atom. The second-order valence-electron chi connectivity index (χ2n) is 5.55. The molecule has 1 fully saturated rings. The molecule has 19 heavy (non-hydrogen) atoms. The van der Waals surface area contributed by atoms with Crippen molar-refractivity contribution in [3.05, 3.63) is 23.7 Å². The summed E-state index contributed by atoms with van der Waals surface area (Å²) in [5, 5.41) is 3.34. The van der Waals surface area contributed by atoms with Crippen LogP contribution in [-0.4, -0.2) is 30.9 Å². The molecule has 0 bridgehead atoms. The maximum atomic E-state index is 12.8. The third-order valence-electron chi connectivity index (χ3n) is 4.41. The van der Waals surface area contributed by atoms with Crippen molar-refractivity contribution < 1.29 is 9.21 Å². The Morgan fingerprint density at radius 3 is 2.68 bits per heavy atom. The first-order chi connectivity index (χ1) is 9.09. The largest absolute Gasteiger partial charge is 0.469 e. The molecule has 0 aliphatic carbocycles. The predicted octanol–water partition coefficient (Wildman–Crippen LogP) is 2.33. The summed E-state index contributed by atoms with van der Waals surface area (Å²) >= 11 is 0. The number of carbonyl (C=O) groups is 1. The van der Waals surface area contributed by atoms with Gasteiger partial charge in [-0.15, -0.1) is 0 Å². The molecule has 0 radical (unpaired) electrons. The minimum Gasteiger partial charge on any atom is -0.469 e. The van der Waals surface area contributed by atoms with E-state index in [4.69, 9.17) is 4.42 Å². The highest BCUT2D eigenvalue weighted by Gasteiger charge is 2.39. The number of aryl methyl sites for hydroxylation is 1. The van der Waals surface area contributed by atoms with Gasteiger partial charge < -0.3 is 14.6 Å². The van der Waals surface area contributed by atoms with E-state index in [1.165, 1.54) is 0 Å².